The third kappa shape index (κ3) is 6.55. The summed E-state index contributed by atoms with van der Waals surface area (Å²) in [6.45, 7) is 3.70. The van der Waals surface area contributed by atoms with E-state index in [0.29, 0.717) is 19.8 Å². The van der Waals surface area contributed by atoms with Gasteiger partial charge in [-0.15, -0.1) is 0 Å². The average Bonchev–Trinajstić information content (AvgIpc) is 3.00. The molecule has 0 N–H and O–H groups in total. The molecule has 0 atom stereocenters. The summed E-state index contributed by atoms with van der Waals surface area (Å²) in [5.74, 6) is 0. The zero-order valence-electron chi connectivity index (χ0n) is 14.1. The number of hydrogen-bond acceptors (Lipinski definition) is 5. The minimum absolute atomic E-state index is 0.634. The molecule has 0 saturated heterocycles. The highest BCUT2D eigenvalue weighted by Crippen LogP contribution is 2.14. The molecule has 8 heteroatoms. The Kier molecular flexibility index (Phi) is 9.52. The van der Waals surface area contributed by atoms with Crippen LogP contribution in [0.2, 0.25) is 6.04 Å². The van der Waals surface area contributed by atoms with Gasteiger partial charge in [-0.3, -0.25) is 0 Å². The van der Waals surface area contributed by atoms with Gasteiger partial charge in [-0.2, -0.15) is 0 Å². The Morgan fingerprint density at radius 1 is 1.00 bits per heavy atom. The number of aryl methyl sites for hydroxylation is 1. The molecule has 1 aromatic rings. The Morgan fingerprint density at radius 3 is 2.36 bits per heavy atom. The van der Waals surface area contributed by atoms with Gasteiger partial charge in [-0.05, 0) is 6.42 Å². The van der Waals surface area contributed by atoms with E-state index in [9.17, 15) is 0 Å². The third-order valence-corrected chi connectivity index (χ3v) is 6.34. The highest BCUT2D eigenvalue weighted by atomic mass is 28.4. The minimum Gasteiger partial charge on any atom is -0.382 e. The Bertz CT molecular complexity index is 390. The van der Waals surface area contributed by atoms with Crippen molar-refractivity contribution in [2.45, 2.75) is 25.6 Å². The van der Waals surface area contributed by atoms with Crippen LogP contribution in [0.1, 0.15) is 6.42 Å². The van der Waals surface area contributed by atoms with E-state index in [0.717, 1.165) is 25.6 Å². The van der Waals surface area contributed by atoms with Crippen LogP contribution in [-0.2, 0) is 35.8 Å². The second-order valence-corrected chi connectivity index (χ2v) is 7.98. The molecule has 128 valence electrons. The molecule has 0 aliphatic heterocycles. The summed E-state index contributed by atoms with van der Waals surface area (Å²) in [5.41, 5.74) is 0. The number of aromatic nitrogens is 2. The maximum absolute atomic E-state index is 5.46. The topological polar surface area (TPSA) is 55.0 Å². The van der Waals surface area contributed by atoms with Gasteiger partial charge in [0.25, 0.3) is 0 Å². The van der Waals surface area contributed by atoms with Gasteiger partial charge in [0.15, 0.2) is 0 Å². The first kappa shape index (κ1) is 19.3. The molecule has 0 aliphatic rings. The number of nitrogens with zero attached hydrogens (tertiary/aromatic N) is 2. The van der Waals surface area contributed by atoms with Crippen LogP contribution >= 0.6 is 0 Å². The Hall–Kier alpha value is -0.773. The highest BCUT2D eigenvalue weighted by Gasteiger charge is 2.37. The van der Waals surface area contributed by atoms with E-state index >= 15 is 0 Å². The fourth-order valence-electron chi connectivity index (χ4n) is 2.15. The normalized spacial score (nSPS) is 12.0. The van der Waals surface area contributed by atoms with Gasteiger partial charge in [0, 0.05) is 34.5 Å². The second kappa shape index (κ2) is 10.9. The van der Waals surface area contributed by atoms with Crippen molar-refractivity contribution in [1.29, 1.82) is 0 Å². The molecule has 0 aliphatic carbocycles. The van der Waals surface area contributed by atoms with Gasteiger partial charge in [0.1, 0.15) is 18.9 Å². The predicted molar refractivity (Wildman–Crippen MR) is 83.5 cm³/mol. The molecule has 1 rings (SSSR count). The molecular weight excluding hydrogens is 304 g/mol. The summed E-state index contributed by atoms with van der Waals surface area (Å²) in [7, 11) is 4.16. The van der Waals surface area contributed by atoms with Crippen LogP contribution in [0, 0.1) is 0 Å². The van der Waals surface area contributed by atoms with Crippen molar-refractivity contribution in [2.24, 2.45) is 0 Å². The average molecular weight is 333 g/mol. The summed E-state index contributed by atoms with van der Waals surface area (Å²) in [5, 5.41) is 0. The fourth-order valence-corrected chi connectivity index (χ4v) is 3.86. The van der Waals surface area contributed by atoms with Crippen molar-refractivity contribution in [3.8, 4) is 0 Å². The van der Waals surface area contributed by atoms with E-state index < -0.39 is 8.80 Å². The van der Waals surface area contributed by atoms with Crippen molar-refractivity contribution >= 4 is 8.80 Å². The first-order valence-corrected chi connectivity index (χ1v) is 9.40. The van der Waals surface area contributed by atoms with Crippen LogP contribution < -0.4 is 4.57 Å². The van der Waals surface area contributed by atoms with Crippen LogP contribution in [-0.4, -0.2) is 61.6 Å². The molecule has 0 amide bonds. The van der Waals surface area contributed by atoms with E-state index in [-0.39, 0.29) is 0 Å². The number of methoxy groups -OCH3 is 1. The predicted octanol–water partition coefficient (Wildman–Crippen LogP) is 0.707. The molecule has 0 bridgehead atoms. The van der Waals surface area contributed by atoms with Crippen molar-refractivity contribution in [3.05, 3.63) is 18.7 Å². The van der Waals surface area contributed by atoms with Crippen LogP contribution in [0.15, 0.2) is 18.7 Å². The van der Waals surface area contributed by atoms with E-state index in [1.165, 1.54) is 0 Å². The lowest BCUT2D eigenvalue weighted by molar-refractivity contribution is -0.696. The van der Waals surface area contributed by atoms with Crippen molar-refractivity contribution < 1.29 is 27.3 Å². The molecule has 7 nitrogen and oxygen atoms in total. The summed E-state index contributed by atoms with van der Waals surface area (Å²) >= 11 is 0. The molecule has 0 saturated carbocycles. The smallest absolute Gasteiger partial charge is 0.382 e. The first-order chi connectivity index (χ1) is 10.7. The van der Waals surface area contributed by atoms with Gasteiger partial charge in [-0.1, -0.05) is 0 Å². The quantitative estimate of drug-likeness (QED) is 0.302. The highest BCUT2D eigenvalue weighted by molar-refractivity contribution is 6.60. The Morgan fingerprint density at radius 2 is 1.73 bits per heavy atom. The first-order valence-electron chi connectivity index (χ1n) is 7.46. The van der Waals surface area contributed by atoms with E-state index in [2.05, 4.69) is 21.7 Å². The molecule has 0 aromatic carbocycles. The van der Waals surface area contributed by atoms with Gasteiger partial charge in [-0.25, -0.2) is 9.13 Å². The molecular formula is C14H29N2O5Si+. The lowest BCUT2D eigenvalue weighted by atomic mass is 10.5. The molecule has 1 aromatic heterocycles. The zero-order chi connectivity index (χ0) is 16.3. The number of ether oxygens (including phenoxy) is 2. The van der Waals surface area contributed by atoms with Crippen LogP contribution in [0.5, 0.6) is 0 Å². The van der Waals surface area contributed by atoms with E-state index in [1.54, 1.807) is 28.4 Å². The number of hydrogen-bond donors (Lipinski definition) is 0. The molecule has 0 unspecified atom stereocenters. The van der Waals surface area contributed by atoms with E-state index in [1.807, 2.05) is 6.20 Å². The van der Waals surface area contributed by atoms with E-state index in [4.69, 9.17) is 22.8 Å². The monoisotopic (exact) mass is 333 g/mol. The summed E-state index contributed by atoms with van der Waals surface area (Å²) < 4.78 is 30.9. The Balaban J connectivity index is 2.27. The molecule has 0 spiro atoms. The molecule has 22 heavy (non-hydrogen) atoms. The maximum Gasteiger partial charge on any atom is 0.500 e. The standard InChI is InChI=1S/C14H29N2O5Si/c1-17-11-12-21-10-9-16-8-7-15(14-16)6-5-13-22(18-2,19-3)20-4/h7-8,14H,5-6,9-13H2,1-4H3/q+1. The third-order valence-electron chi connectivity index (χ3n) is 3.50. The molecule has 0 radical (unpaired) electrons. The number of imidazole rings is 1. The van der Waals surface area contributed by atoms with Gasteiger partial charge in [0.05, 0.1) is 26.4 Å². The minimum atomic E-state index is -2.45. The summed E-state index contributed by atoms with van der Waals surface area (Å²) in [6, 6.07) is 0.800. The SMILES string of the molecule is COCCOCCn1cc[n+](CCC[Si](OC)(OC)OC)c1. The molecule has 0 fully saturated rings. The van der Waals surface area contributed by atoms with Crippen LogP contribution in [0.4, 0.5) is 0 Å². The van der Waals surface area contributed by atoms with Crippen molar-refractivity contribution in [1.82, 2.24) is 4.57 Å². The lowest BCUT2D eigenvalue weighted by Crippen LogP contribution is -2.43. The maximum atomic E-state index is 5.46. The summed E-state index contributed by atoms with van der Waals surface area (Å²) in [6.07, 6.45) is 7.13. The largest absolute Gasteiger partial charge is 0.500 e. The van der Waals surface area contributed by atoms with Crippen LogP contribution in [0.3, 0.4) is 0 Å². The lowest BCUT2D eigenvalue weighted by Gasteiger charge is -2.23. The summed E-state index contributed by atoms with van der Waals surface area (Å²) in [4.78, 5) is 0. The van der Waals surface area contributed by atoms with Gasteiger partial charge < -0.3 is 22.8 Å². The second-order valence-electron chi connectivity index (χ2n) is 4.89. The van der Waals surface area contributed by atoms with Gasteiger partial charge >= 0.3 is 8.80 Å². The number of rotatable bonds is 13. The Labute approximate surface area is 134 Å². The van der Waals surface area contributed by atoms with Crippen molar-refractivity contribution in [3.63, 3.8) is 0 Å². The zero-order valence-corrected chi connectivity index (χ0v) is 15.1. The van der Waals surface area contributed by atoms with Crippen molar-refractivity contribution in [2.75, 3.05) is 48.3 Å². The molecule has 1 heterocycles. The fraction of sp³-hybridized carbons (Fsp3) is 0.786. The van der Waals surface area contributed by atoms with Gasteiger partial charge in [0.2, 0.25) is 6.33 Å². The van der Waals surface area contributed by atoms with Crippen LogP contribution in [0.25, 0.3) is 0 Å².